The first-order valence-electron chi connectivity index (χ1n) is 13.9. The molecule has 1 saturated heterocycles. The first-order chi connectivity index (χ1) is 18.2. The molecule has 0 radical (unpaired) electrons. The van der Waals surface area contributed by atoms with Gasteiger partial charge in [0.1, 0.15) is 11.6 Å². The van der Waals surface area contributed by atoms with Crippen LogP contribution in [-0.2, 0) is 0 Å². The molecule has 0 spiro atoms. The van der Waals surface area contributed by atoms with E-state index in [1.807, 2.05) is 0 Å². The first-order valence-corrected chi connectivity index (χ1v) is 13.9. The Balaban J connectivity index is 1.07. The molecule has 2 atom stereocenters. The molecule has 1 aromatic heterocycles. The van der Waals surface area contributed by atoms with Crippen molar-refractivity contribution in [3.8, 4) is 0 Å². The van der Waals surface area contributed by atoms with Crippen molar-refractivity contribution in [2.24, 2.45) is 17.8 Å². The van der Waals surface area contributed by atoms with Gasteiger partial charge in [-0.05, 0) is 74.0 Å². The van der Waals surface area contributed by atoms with Crippen LogP contribution in [0.1, 0.15) is 73.1 Å². The summed E-state index contributed by atoms with van der Waals surface area (Å²) in [7, 11) is 0. The van der Waals surface area contributed by atoms with E-state index in [2.05, 4.69) is 15.3 Å². The second-order valence-electron chi connectivity index (χ2n) is 12.3. The molecule has 4 aliphatic carbocycles. The fourth-order valence-corrected chi connectivity index (χ4v) is 8.59. The number of rotatable bonds is 3. The van der Waals surface area contributed by atoms with Crippen LogP contribution in [0.4, 0.5) is 23.4 Å². The molecule has 8 rings (SSSR count). The average molecular weight is 532 g/mol. The van der Waals surface area contributed by atoms with Crippen LogP contribution in [-0.4, -0.2) is 63.4 Å². The summed E-state index contributed by atoms with van der Waals surface area (Å²) < 4.78 is 56.4. The van der Waals surface area contributed by atoms with E-state index in [-0.39, 0.29) is 29.4 Å². The van der Waals surface area contributed by atoms with Gasteiger partial charge in [0.15, 0.2) is 11.7 Å². The second-order valence-corrected chi connectivity index (χ2v) is 12.3. The van der Waals surface area contributed by atoms with Crippen LogP contribution in [0.2, 0.25) is 0 Å². The zero-order chi connectivity index (χ0) is 26.2. The normalized spacial score (nSPS) is 34.7. The maximum Gasteiger partial charge on any atom is 0.410 e. The SMILES string of the molecule is O=C(c1cc2n(n1)[C@H](C(F)(F)F)C[C@@H](c1ccc(F)cc1)N2)N1CCN(C23CC4CC(CC(C4)C2)C3)CC1. The van der Waals surface area contributed by atoms with Crippen LogP contribution in [0.25, 0.3) is 0 Å². The summed E-state index contributed by atoms with van der Waals surface area (Å²) in [5, 5.41) is 7.25. The fraction of sp³-hybridized carbons (Fsp3) is 0.643. The molecule has 2 aliphatic heterocycles. The molecular weight excluding hydrogens is 498 g/mol. The van der Waals surface area contributed by atoms with E-state index >= 15 is 0 Å². The van der Waals surface area contributed by atoms with Gasteiger partial charge in [-0.2, -0.15) is 18.3 Å². The minimum Gasteiger partial charge on any atom is -0.363 e. The van der Waals surface area contributed by atoms with Gasteiger partial charge in [0.2, 0.25) is 0 Å². The minimum absolute atomic E-state index is 0.0322. The van der Waals surface area contributed by atoms with Gasteiger partial charge in [0.05, 0.1) is 6.04 Å². The highest BCUT2D eigenvalue weighted by atomic mass is 19.4. The standard InChI is InChI=1S/C28H33F4N5O/c29-21-3-1-20(2-4-21)22-12-24(28(30,31)32)37-25(33-22)13-23(34-37)26(38)35-5-7-36(8-6-35)27-14-17-9-18(15-27)11-19(10-17)16-27/h1-4,13,17-19,22,24,33H,5-12,14-16H2/t17?,18?,19?,22-,24-,27?/m0/s1. The number of benzene rings is 1. The lowest BCUT2D eigenvalue weighted by Gasteiger charge is -2.61. The molecule has 2 aromatic rings. The number of hydrogen-bond donors (Lipinski definition) is 1. The van der Waals surface area contributed by atoms with E-state index in [0.29, 0.717) is 18.7 Å². The van der Waals surface area contributed by atoms with E-state index in [0.717, 1.165) is 35.5 Å². The van der Waals surface area contributed by atoms with Crippen molar-refractivity contribution in [2.75, 3.05) is 31.5 Å². The number of aromatic nitrogens is 2. The molecule has 0 unspecified atom stereocenters. The van der Waals surface area contributed by atoms with Gasteiger partial charge in [0.25, 0.3) is 5.91 Å². The van der Waals surface area contributed by atoms with Gasteiger partial charge >= 0.3 is 6.18 Å². The van der Waals surface area contributed by atoms with Crippen LogP contribution < -0.4 is 5.32 Å². The second kappa shape index (κ2) is 8.69. The van der Waals surface area contributed by atoms with Gasteiger partial charge in [0, 0.05) is 44.2 Å². The number of anilines is 1. The number of amides is 1. The smallest absolute Gasteiger partial charge is 0.363 e. The number of piperazine rings is 1. The van der Waals surface area contributed by atoms with Gasteiger partial charge in [-0.1, -0.05) is 12.1 Å². The van der Waals surface area contributed by atoms with Crippen LogP contribution in [0.15, 0.2) is 30.3 Å². The van der Waals surface area contributed by atoms with Crippen LogP contribution in [0.5, 0.6) is 0 Å². The summed E-state index contributed by atoms with van der Waals surface area (Å²) in [5.41, 5.74) is 0.878. The summed E-state index contributed by atoms with van der Waals surface area (Å²) in [5.74, 6) is 1.95. The largest absolute Gasteiger partial charge is 0.410 e. The number of carbonyl (C=O) groups is 1. The first kappa shape index (κ1) is 24.4. The van der Waals surface area contributed by atoms with Gasteiger partial charge in [-0.3, -0.25) is 9.69 Å². The average Bonchev–Trinajstić information content (AvgIpc) is 3.31. The van der Waals surface area contributed by atoms with Crippen molar-refractivity contribution in [2.45, 2.75) is 68.7 Å². The predicted octanol–water partition coefficient (Wildman–Crippen LogP) is 5.41. The molecule has 10 heteroatoms. The molecule has 1 aromatic carbocycles. The molecule has 204 valence electrons. The van der Waals surface area contributed by atoms with Crippen LogP contribution in [0.3, 0.4) is 0 Å². The van der Waals surface area contributed by atoms with Crippen LogP contribution >= 0.6 is 0 Å². The van der Waals surface area contributed by atoms with E-state index in [9.17, 15) is 22.4 Å². The summed E-state index contributed by atoms with van der Waals surface area (Å²) in [6.07, 6.45) is 3.17. The van der Waals surface area contributed by atoms with Crippen molar-refractivity contribution in [1.29, 1.82) is 0 Å². The zero-order valence-corrected chi connectivity index (χ0v) is 21.3. The highest BCUT2D eigenvalue weighted by molar-refractivity contribution is 5.93. The van der Waals surface area contributed by atoms with E-state index < -0.39 is 24.1 Å². The summed E-state index contributed by atoms with van der Waals surface area (Å²) in [4.78, 5) is 17.8. The quantitative estimate of drug-likeness (QED) is 0.539. The number of nitrogens with zero attached hydrogens (tertiary/aromatic N) is 4. The highest BCUT2D eigenvalue weighted by Crippen LogP contribution is 2.58. The monoisotopic (exact) mass is 531 g/mol. The Morgan fingerprint density at radius 2 is 1.53 bits per heavy atom. The van der Waals surface area contributed by atoms with E-state index in [1.165, 1.54) is 68.9 Å². The number of carbonyl (C=O) groups excluding carboxylic acids is 1. The number of fused-ring (bicyclic) bond motifs is 1. The fourth-order valence-electron chi connectivity index (χ4n) is 8.59. The lowest BCUT2D eigenvalue weighted by atomic mass is 9.52. The molecule has 6 aliphatic rings. The lowest BCUT2D eigenvalue weighted by Crippen LogP contribution is -2.64. The Hall–Kier alpha value is -2.62. The Morgan fingerprint density at radius 3 is 2.11 bits per heavy atom. The Kier molecular flexibility index (Phi) is 5.59. The predicted molar refractivity (Wildman–Crippen MR) is 133 cm³/mol. The number of hydrogen-bond acceptors (Lipinski definition) is 4. The molecule has 4 saturated carbocycles. The van der Waals surface area contributed by atoms with Crippen LogP contribution in [0, 0.1) is 23.6 Å². The Morgan fingerprint density at radius 1 is 0.921 bits per heavy atom. The third-order valence-electron chi connectivity index (χ3n) is 9.92. The Labute approximate surface area is 219 Å². The molecule has 6 nitrogen and oxygen atoms in total. The number of alkyl halides is 3. The topological polar surface area (TPSA) is 53.4 Å². The molecule has 5 fully saturated rings. The van der Waals surface area contributed by atoms with Crippen molar-refractivity contribution in [1.82, 2.24) is 19.6 Å². The summed E-state index contributed by atoms with van der Waals surface area (Å²) in [6, 6.07) is 4.35. The van der Waals surface area contributed by atoms with Gasteiger partial charge < -0.3 is 10.2 Å². The van der Waals surface area contributed by atoms with Gasteiger partial charge in [-0.25, -0.2) is 9.07 Å². The van der Waals surface area contributed by atoms with Crippen molar-refractivity contribution in [3.05, 3.63) is 47.4 Å². The number of nitrogens with one attached hydrogen (secondary N) is 1. The maximum atomic E-state index is 14.0. The molecule has 3 heterocycles. The van der Waals surface area contributed by atoms with Crippen molar-refractivity contribution in [3.63, 3.8) is 0 Å². The van der Waals surface area contributed by atoms with Gasteiger partial charge in [-0.15, -0.1) is 0 Å². The molecule has 1 N–H and O–H groups in total. The number of halogens is 4. The third-order valence-corrected chi connectivity index (χ3v) is 9.92. The summed E-state index contributed by atoms with van der Waals surface area (Å²) in [6.45, 7) is 2.75. The minimum atomic E-state index is -4.54. The van der Waals surface area contributed by atoms with E-state index in [4.69, 9.17) is 0 Å². The van der Waals surface area contributed by atoms with Crippen molar-refractivity contribution >= 4 is 11.7 Å². The lowest BCUT2D eigenvalue weighted by molar-refractivity contribution is -0.173. The highest BCUT2D eigenvalue weighted by Gasteiger charge is 2.54. The Bertz CT molecular complexity index is 1180. The third kappa shape index (κ3) is 4.10. The molecule has 1 amide bonds. The molecule has 38 heavy (non-hydrogen) atoms. The summed E-state index contributed by atoms with van der Waals surface area (Å²) >= 11 is 0. The zero-order valence-electron chi connectivity index (χ0n) is 21.3. The van der Waals surface area contributed by atoms with Crippen molar-refractivity contribution < 1.29 is 22.4 Å². The van der Waals surface area contributed by atoms with E-state index in [1.54, 1.807) is 4.90 Å². The molecular formula is C28H33F4N5O. The maximum absolute atomic E-state index is 14.0. The molecule has 4 bridgehead atoms.